The van der Waals surface area contributed by atoms with Crippen LogP contribution >= 0.6 is 0 Å². The average molecular weight is 394 g/mol. The van der Waals surface area contributed by atoms with Crippen LogP contribution in [0.15, 0.2) is 48.5 Å². The maximum absolute atomic E-state index is 3.74. The summed E-state index contributed by atoms with van der Waals surface area (Å²) in [7, 11) is 0. The number of anilines is 2. The maximum atomic E-state index is 3.74. The van der Waals surface area contributed by atoms with Gasteiger partial charge in [-0.15, -0.1) is 0 Å². The first-order valence-corrected chi connectivity index (χ1v) is 11.1. The first kappa shape index (κ1) is 23.5. The monoisotopic (exact) mass is 393 g/mol. The highest BCUT2D eigenvalue weighted by molar-refractivity contribution is 5.67. The maximum Gasteiger partial charge on any atom is 0.0425 e. The van der Waals surface area contributed by atoms with Crippen LogP contribution in [0.1, 0.15) is 93.2 Å². The quantitative estimate of drug-likeness (QED) is 0.516. The Hall–Kier alpha value is -1.76. The Labute approximate surface area is 180 Å². The Morgan fingerprint density at radius 1 is 0.586 bits per heavy atom. The van der Waals surface area contributed by atoms with Crippen LogP contribution < -0.4 is 5.32 Å². The van der Waals surface area contributed by atoms with E-state index in [-0.39, 0.29) is 21.7 Å². The highest BCUT2D eigenvalue weighted by Crippen LogP contribution is 2.47. The molecule has 2 aromatic carbocycles. The standard InChI is InChI=1S/C28H43N/c1-25(2,3)19-27(7,8)22-17-14-18-23(29-21-15-12-11-13-16-21)24(22)28(9,10)20-26(4,5)6/h11-18,29H,19-20H2,1-10H3. The Bertz CT molecular complexity index is 798. The third-order valence-electron chi connectivity index (χ3n) is 5.47. The predicted molar refractivity (Wildman–Crippen MR) is 130 cm³/mol. The van der Waals surface area contributed by atoms with Crippen molar-refractivity contribution in [2.45, 2.75) is 92.9 Å². The van der Waals surface area contributed by atoms with Gasteiger partial charge in [0.2, 0.25) is 0 Å². The smallest absolute Gasteiger partial charge is 0.0425 e. The van der Waals surface area contributed by atoms with E-state index in [1.54, 1.807) is 0 Å². The molecule has 0 fully saturated rings. The minimum atomic E-state index is 0.0567. The van der Waals surface area contributed by atoms with Crippen molar-refractivity contribution >= 4 is 11.4 Å². The van der Waals surface area contributed by atoms with Gasteiger partial charge in [-0.25, -0.2) is 0 Å². The molecule has 0 aliphatic rings. The third kappa shape index (κ3) is 6.63. The molecule has 0 spiro atoms. The van der Waals surface area contributed by atoms with Gasteiger partial charge < -0.3 is 5.32 Å². The van der Waals surface area contributed by atoms with Gasteiger partial charge in [-0.05, 0) is 63.8 Å². The molecule has 0 saturated carbocycles. The molecule has 2 aromatic rings. The van der Waals surface area contributed by atoms with Crippen LogP contribution in [-0.4, -0.2) is 0 Å². The summed E-state index contributed by atoms with van der Waals surface area (Å²) in [6.07, 6.45) is 2.28. The van der Waals surface area contributed by atoms with E-state index in [1.807, 2.05) is 0 Å². The van der Waals surface area contributed by atoms with Crippen LogP contribution in [0, 0.1) is 10.8 Å². The van der Waals surface area contributed by atoms with Gasteiger partial charge in [0.25, 0.3) is 0 Å². The third-order valence-corrected chi connectivity index (χ3v) is 5.47. The SMILES string of the molecule is CC(C)(C)CC(C)(C)c1cccc(Nc2ccccc2)c1C(C)(C)CC(C)(C)C. The van der Waals surface area contributed by atoms with Crippen molar-refractivity contribution in [2.75, 3.05) is 5.32 Å². The molecule has 0 radical (unpaired) electrons. The summed E-state index contributed by atoms with van der Waals surface area (Å²) < 4.78 is 0. The fourth-order valence-electron chi connectivity index (χ4n) is 5.46. The first-order valence-electron chi connectivity index (χ1n) is 11.1. The number of benzene rings is 2. The van der Waals surface area contributed by atoms with Crippen molar-refractivity contribution in [3.8, 4) is 0 Å². The van der Waals surface area contributed by atoms with Crippen LogP contribution in [0.2, 0.25) is 0 Å². The topological polar surface area (TPSA) is 12.0 Å². The largest absolute Gasteiger partial charge is 0.355 e. The van der Waals surface area contributed by atoms with E-state index in [4.69, 9.17) is 0 Å². The Morgan fingerprint density at radius 3 is 1.62 bits per heavy atom. The van der Waals surface area contributed by atoms with E-state index < -0.39 is 0 Å². The lowest BCUT2D eigenvalue weighted by atomic mass is 9.64. The number of para-hydroxylation sites is 1. The Kier molecular flexibility index (Phi) is 6.62. The van der Waals surface area contributed by atoms with E-state index in [9.17, 15) is 0 Å². The van der Waals surface area contributed by atoms with Crippen LogP contribution in [0.25, 0.3) is 0 Å². The average Bonchev–Trinajstić information content (AvgIpc) is 2.51. The van der Waals surface area contributed by atoms with E-state index in [0.29, 0.717) is 0 Å². The molecule has 160 valence electrons. The fourth-order valence-corrected chi connectivity index (χ4v) is 5.46. The summed E-state index contributed by atoms with van der Waals surface area (Å²) in [4.78, 5) is 0. The minimum Gasteiger partial charge on any atom is -0.355 e. The molecular formula is C28H43N. The molecule has 0 amide bonds. The highest BCUT2D eigenvalue weighted by atomic mass is 14.9. The lowest BCUT2D eigenvalue weighted by Crippen LogP contribution is -2.32. The van der Waals surface area contributed by atoms with Crippen molar-refractivity contribution in [2.24, 2.45) is 10.8 Å². The van der Waals surface area contributed by atoms with Gasteiger partial charge in [0.15, 0.2) is 0 Å². The van der Waals surface area contributed by atoms with Crippen LogP contribution in [0.3, 0.4) is 0 Å². The normalized spacial score (nSPS) is 13.4. The van der Waals surface area contributed by atoms with Crippen molar-refractivity contribution in [1.82, 2.24) is 0 Å². The van der Waals surface area contributed by atoms with Crippen LogP contribution in [0.4, 0.5) is 11.4 Å². The second-order valence-corrected chi connectivity index (χ2v) is 12.5. The Morgan fingerprint density at radius 2 is 1.10 bits per heavy atom. The minimum absolute atomic E-state index is 0.0567. The van der Waals surface area contributed by atoms with E-state index in [0.717, 1.165) is 18.5 Å². The van der Waals surface area contributed by atoms with E-state index in [2.05, 4.69) is 123 Å². The van der Waals surface area contributed by atoms with Crippen molar-refractivity contribution < 1.29 is 0 Å². The number of nitrogens with one attached hydrogen (secondary N) is 1. The predicted octanol–water partition coefficient (Wildman–Crippen LogP) is 8.86. The lowest BCUT2D eigenvalue weighted by molar-refractivity contribution is 0.265. The zero-order valence-corrected chi connectivity index (χ0v) is 20.5. The molecule has 0 aliphatic carbocycles. The molecule has 2 rings (SSSR count). The van der Waals surface area contributed by atoms with Gasteiger partial charge in [0.05, 0.1) is 0 Å². The lowest BCUT2D eigenvalue weighted by Gasteiger charge is -2.41. The number of rotatable bonds is 6. The van der Waals surface area contributed by atoms with Gasteiger partial charge >= 0.3 is 0 Å². The molecule has 0 heterocycles. The summed E-state index contributed by atoms with van der Waals surface area (Å²) in [5.41, 5.74) is 6.01. The zero-order valence-electron chi connectivity index (χ0n) is 20.5. The summed E-state index contributed by atoms with van der Waals surface area (Å²) in [5.74, 6) is 0. The van der Waals surface area contributed by atoms with Gasteiger partial charge in [-0.2, -0.15) is 0 Å². The van der Waals surface area contributed by atoms with E-state index >= 15 is 0 Å². The summed E-state index contributed by atoms with van der Waals surface area (Å²) in [6.45, 7) is 23.8. The second kappa shape index (κ2) is 8.17. The molecule has 0 saturated heterocycles. The number of hydrogen-bond acceptors (Lipinski definition) is 1. The molecule has 1 N–H and O–H groups in total. The number of hydrogen-bond donors (Lipinski definition) is 1. The molecule has 0 aromatic heterocycles. The zero-order chi connectivity index (χ0) is 22.1. The molecule has 0 aliphatic heterocycles. The Balaban J connectivity index is 2.66. The van der Waals surface area contributed by atoms with Crippen molar-refractivity contribution in [1.29, 1.82) is 0 Å². The molecule has 0 bridgehead atoms. The van der Waals surface area contributed by atoms with Gasteiger partial charge in [0, 0.05) is 11.4 Å². The molecule has 29 heavy (non-hydrogen) atoms. The van der Waals surface area contributed by atoms with Gasteiger partial charge in [-0.1, -0.05) is 99.6 Å². The van der Waals surface area contributed by atoms with Crippen LogP contribution in [-0.2, 0) is 10.8 Å². The molecular weight excluding hydrogens is 350 g/mol. The summed E-state index contributed by atoms with van der Waals surface area (Å²) >= 11 is 0. The summed E-state index contributed by atoms with van der Waals surface area (Å²) in [6, 6.07) is 17.4. The molecule has 1 heteroatoms. The molecule has 0 unspecified atom stereocenters. The summed E-state index contributed by atoms with van der Waals surface area (Å²) in [5, 5.41) is 3.74. The van der Waals surface area contributed by atoms with E-state index in [1.165, 1.54) is 16.8 Å². The first-order chi connectivity index (χ1) is 13.1. The second-order valence-electron chi connectivity index (χ2n) is 12.5. The van der Waals surface area contributed by atoms with Gasteiger partial charge in [-0.3, -0.25) is 0 Å². The molecule has 1 nitrogen and oxygen atoms in total. The van der Waals surface area contributed by atoms with Crippen molar-refractivity contribution in [3.63, 3.8) is 0 Å². The fraction of sp³-hybridized carbons (Fsp3) is 0.571. The highest BCUT2D eigenvalue weighted by Gasteiger charge is 2.37. The van der Waals surface area contributed by atoms with Gasteiger partial charge in [0.1, 0.15) is 0 Å². The molecule has 0 atom stereocenters. The van der Waals surface area contributed by atoms with Crippen LogP contribution in [0.5, 0.6) is 0 Å². The van der Waals surface area contributed by atoms with Crippen molar-refractivity contribution in [3.05, 3.63) is 59.7 Å².